The maximum atomic E-state index is 11.0. The van der Waals surface area contributed by atoms with Gasteiger partial charge < -0.3 is 9.84 Å². The van der Waals surface area contributed by atoms with Crippen LogP contribution in [0.25, 0.3) is 0 Å². The third kappa shape index (κ3) is 9.83. The Bertz CT molecular complexity index is 485. The molecule has 1 aromatic heterocycles. The molecule has 0 aliphatic heterocycles. The van der Waals surface area contributed by atoms with Gasteiger partial charge in [-0.1, -0.05) is 31.9 Å². The number of allylic oxidation sites excluding steroid dienone is 1. The van der Waals surface area contributed by atoms with Gasteiger partial charge in [0.1, 0.15) is 0 Å². The minimum Gasteiger partial charge on any atom is -0.469 e. The smallest absolute Gasteiger partial charge is 0.305 e. The second-order valence-corrected chi connectivity index (χ2v) is 6.97. The first-order chi connectivity index (χ1) is 11.7. The summed E-state index contributed by atoms with van der Waals surface area (Å²) in [7, 11) is 1.43. The Morgan fingerprint density at radius 1 is 1.29 bits per heavy atom. The summed E-state index contributed by atoms with van der Waals surface area (Å²) in [6.45, 7) is 2.10. The van der Waals surface area contributed by atoms with Gasteiger partial charge in [-0.3, -0.25) is 4.79 Å². The highest BCUT2D eigenvalue weighted by molar-refractivity contribution is 7.09. The summed E-state index contributed by atoms with van der Waals surface area (Å²) in [5.41, 5.74) is 1.16. The molecule has 136 valence electrons. The maximum Gasteiger partial charge on any atom is 0.305 e. The van der Waals surface area contributed by atoms with Crippen molar-refractivity contribution in [3.63, 3.8) is 0 Å². The van der Waals surface area contributed by atoms with Gasteiger partial charge in [0.15, 0.2) is 0 Å². The van der Waals surface area contributed by atoms with Gasteiger partial charge in [-0.05, 0) is 38.5 Å². The minimum absolute atomic E-state index is 0.119. The van der Waals surface area contributed by atoms with Crippen molar-refractivity contribution in [3.05, 3.63) is 28.2 Å². The summed E-state index contributed by atoms with van der Waals surface area (Å²) in [5.74, 6) is -0.119. The van der Waals surface area contributed by atoms with E-state index in [2.05, 4.69) is 34.2 Å². The molecule has 1 aromatic rings. The molecule has 5 heteroatoms. The number of hydrogen-bond donors (Lipinski definition) is 1. The molecule has 0 spiro atoms. The topological polar surface area (TPSA) is 59.4 Å². The van der Waals surface area contributed by atoms with Gasteiger partial charge in [-0.15, -0.1) is 11.3 Å². The lowest BCUT2D eigenvalue weighted by atomic mass is 10.1. The number of esters is 1. The van der Waals surface area contributed by atoms with Gasteiger partial charge in [0.2, 0.25) is 0 Å². The molecular formula is C19H31NO3S. The van der Waals surface area contributed by atoms with Crippen molar-refractivity contribution in [2.45, 2.75) is 77.2 Å². The molecule has 1 heterocycles. The van der Waals surface area contributed by atoms with Crippen molar-refractivity contribution in [2.24, 2.45) is 0 Å². The van der Waals surface area contributed by atoms with Crippen LogP contribution in [0.4, 0.5) is 0 Å². The molecule has 0 aromatic carbocycles. The maximum absolute atomic E-state index is 11.0. The lowest BCUT2D eigenvalue weighted by molar-refractivity contribution is -0.140. The minimum atomic E-state index is -0.269. The van der Waals surface area contributed by atoms with Crippen LogP contribution in [0.15, 0.2) is 17.5 Å². The number of unbranched alkanes of at least 4 members (excludes halogenated alkanes) is 3. The number of hydrogen-bond acceptors (Lipinski definition) is 5. The van der Waals surface area contributed by atoms with Crippen LogP contribution in [0, 0.1) is 0 Å². The molecule has 0 saturated carbocycles. The SMILES string of the molecule is CCC=CCC(O)CCc1nc(CCCCCCC(=O)OC)cs1. The van der Waals surface area contributed by atoms with E-state index >= 15 is 0 Å². The fourth-order valence-electron chi connectivity index (χ4n) is 2.44. The fourth-order valence-corrected chi connectivity index (χ4v) is 3.29. The lowest BCUT2D eigenvalue weighted by Crippen LogP contribution is -2.06. The average molecular weight is 354 g/mol. The van der Waals surface area contributed by atoms with E-state index in [-0.39, 0.29) is 12.1 Å². The number of thiazole rings is 1. The highest BCUT2D eigenvalue weighted by Crippen LogP contribution is 2.16. The van der Waals surface area contributed by atoms with Crippen LogP contribution in [0.2, 0.25) is 0 Å². The Hall–Kier alpha value is -1.20. The van der Waals surface area contributed by atoms with E-state index in [1.165, 1.54) is 7.11 Å². The number of aryl methyl sites for hydroxylation is 2. The fraction of sp³-hybridized carbons (Fsp3) is 0.684. The Labute approximate surface area is 150 Å². The molecule has 0 radical (unpaired) electrons. The lowest BCUT2D eigenvalue weighted by Gasteiger charge is -2.05. The van der Waals surface area contributed by atoms with Crippen molar-refractivity contribution in [3.8, 4) is 0 Å². The molecule has 0 fully saturated rings. The summed E-state index contributed by atoms with van der Waals surface area (Å²) < 4.78 is 4.63. The zero-order chi connectivity index (χ0) is 17.6. The van der Waals surface area contributed by atoms with Crippen LogP contribution in [0.3, 0.4) is 0 Å². The number of methoxy groups -OCH3 is 1. The number of nitrogens with zero attached hydrogens (tertiary/aromatic N) is 1. The van der Waals surface area contributed by atoms with Crippen LogP contribution in [0.1, 0.15) is 69.0 Å². The molecular weight excluding hydrogens is 322 g/mol. The van der Waals surface area contributed by atoms with Gasteiger partial charge in [-0.2, -0.15) is 0 Å². The van der Waals surface area contributed by atoms with E-state index in [4.69, 9.17) is 0 Å². The van der Waals surface area contributed by atoms with Crippen molar-refractivity contribution in [2.75, 3.05) is 7.11 Å². The Balaban J connectivity index is 2.12. The predicted molar refractivity (Wildman–Crippen MR) is 99.3 cm³/mol. The molecule has 4 nitrogen and oxygen atoms in total. The van der Waals surface area contributed by atoms with E-state index in [9.17, 15) is 9.90 Å². The van der Waals surface area contributed by atoms with E-state index in [1.54, 1.807) is 11.3 Å². The molecule has 1 rings (SSSR count). The van der Waals surface area contributed by atoms with Gasteiger partial charge >= 0.3 is 5.97 Å². The third-order valence-electron chi connectivity index (χ3n) is 3.89. The first kappa shape index (κ1) is 20.8. The quantitative estimate of drug-likeness (QED) is 0.323. The number of aromatic nitrogens is 1. The van der Waals surface area contributed by atoms with Crippen LogP contribution < -0.4 is 0 Å². The van der Waals surface area contributed by atoms with Crippen molar-refractivity contribution in [1.29, 1.82) is 0 Å². The standard InChI is InChI=1S/C19H31NO3S/c1-3-4-7-11-17(21)13-14-18-20-16(15-24-18)10-8-5-6-9-12-19(22)23-2/h4,7,15,17,21H,3,5-6,8-14H2,1-2H3. The molecule has 1 atom stereocenters. The largest absolute Gasteiger partial charge is 0.469 e. The summed E-state index contributed by atoms with van der Waals surface area (Å²) in [6, 6.07) is 0. The zero-order valence-electron chi connectivity index (χ0n) is 15.0. The van der Waals surface area contributed by atoms with Crippen LogP contribution >= 0.6 is 11.3 Å². The Morgan fingerprint density at radius 2 is 2.08 bits per heavy atom. The van der Waals surface area contributed by atoms with Gasteiger partial charge in [0.05, 0.1) is 23.9 Å². The zero-order valence-corrected chi connectivity index (χ0v) is 15.8. The van der Waals surface area contributed by atoms with Crippen LogP contribution in [-0.4, -0.2) is 29.3 Å². The van der Waals surface area contributed by atoms with Gasteiger partial charge in [0.25, 0.3) is 0 Å². The van der Waals surface area contributed by atoms with Crippen LogP contribution in [-0.2, 0) is 22.4 Å². The Morgan fingerprint density at radius 3 is 2.83 bits per heavy atom. The third-order valence-corrected chi connectivity index (χ3v) is 4.85. The second kappa shape index (κ2) is 13.1. The van der Waals surface area contributed by atoms with Crippen molar-refractivity contribution in [1.82, 2.24) is 4.98 Å². The molecule has 0 aliphatic rings. The van der Waals surface area contributed by atoms with Gasteiger partial charge in [0, 0.05) is 18.2 Å². The first-order valence-electron chi connectivity index (χ1n) is 8.98. The first-order valence-corrected chi connectivity index (χ1v) is 9.86. The van der Waals surface area contributed by atoms with Crippen molar-refractivity contribution >= 4 is 17.3 Å². The van der Waals surface area contributed by atoms with Gasteiger partial charge in [-0.25, -0.2) is 4.98 Å². The molecule has 0 aliphatic carbocycles. The van der Waals surface area contributed by atoms with E-state index in [1.807, 2.05) is 0 Å². The van der Waals surface area contributed by atoms with Crippen molar-refractivity contribution < 1.29 is 14.6 Å². The highest BCUT2D eigenvalue weighted by atomic mass is 32.1. The summed E-state index contributed by atoms with van der Waals surface area (Å²) in [5, 5.41) is 13.2. The Kier molecular flexibility index (Phi) is 11.4. The summed E-state index contributed by atoms with van der Waals surface area (Å²) in [4.78, 5) is 15.7. The van der Waals surface area contributed by atoms with E-state index in [0.29, 0.717) is 6.42 Å². The van der Waals surface area contributed by atoms with E-state index < -0.39 is 0 Å². The molecule has 0 amide bonds. The average Bonchev–Trinajstić information content (AvgIpc) is 3.04. The molecule has 0 bridgehead atoms. The second-order valence-electron chi connectivity index (χ2n) is 6.03. The molecule has 24 heavy (non-hydrogen) atoms. The summed E-state index contributed by atoms with van der Waals surface area (Å²) >= 11 is 1.69. The number of carbonyl (C=O) groups excluding carboxylic acids is 1. The normalized spacial score (nSPS) is 12.6. The number of ether oxygens (including phenoxy) is 1. The highest BCUT2D eigenvalue weighted by Gasteiger charge is 2.06. The number of aliphatic hydroxyl groups excluding tert-OH is 1. The number of carbonyl (C=O) groups is 1. The van der Waals surface area contributed by atoms with Crippen LogP contribution in [0.5, 0.6) is 0 Å². The molecule has 1 N–H and O–H groups in total. The van der Waals surface area contributed by atoms with E-state index in [0.717, 1.165) is 68.5 Å². The molecule has 0 saturated heterocycles. The predicted octanol–water partition coefficient (Wildman–Crippen LogP) is 4.46. The molecule has 1 unspecified atom stereocenters. The number of aliphatic hydroxyl groups is 1. The summed E-state index contributed by atoms with van der Waals surface area (Å²) in [6.07, 6.45) is 13.0. The monoisotopic (exact) mass is 353 g/mol. The number of rotatable bonds is 13.